The van der Waals surface area contributed by atoms with Crippen LogP contribution in [0.25, 0.3) is 0 Å². The van der Waals surface area contributed by atoms with Gasteiger partial charge in [-0.25, -0.2) is 0 Å². The monoisotopic (exact) mass is 425 g/mol. The lowest BCUT2D eigenvalue weighted by atomic mass is 9.90. The van der Waals surface area contributed by atoms with Crippen molar-refractivity contribution >= 4 is 5.91 Å². The topological polar surface area (TPSA) is 83.7 Å². The van der Waals surface area contributed by atoms with Crippen LogP contribution in [0.5, 0.6) is 0 Å². The first-order chi connectivity index (χ1) is 15.2. The summed E-state index contributed by atoms with van der Waals surface area (Å²) in [6.07, 6.45) is 3.29. The quantitative estimate of drug-likeness (QED) is 0.709. The van der Waals surface area contributed by atoms with E-state index in [1.54, 1.807) is 6.07 Å². The molecule has 1 aromatic carbocycles. The Morgan fingerprint density at radius 1 is 1.10 bits per heavy atom. The molecule has 2 saturated heterocycles. The molecular formula is C24H31N3O4. The average molecular weight is 426 g/mol. The molecule has 3 heterocycles. The Labute approximate surface area is 182 Å². The lowest BCUT2D eigenvalue weighted by Crippen LogP contribution is -2.41. The number of hydrogen-bond acceptors (Lipinski definition) is 5. The van der Waals surface area contributed by atoms with Crippen molar-refractivity contribution in [1.82, 2.24) is 15.2 Å². The SMILES string of the molecule is O=C(NCC1COCCO1)c1ccc(CN2CCC(Cc3ccccc3)CC2)[nH]c1=O. The molecule has 7 heteroatoms. The van der Waals surface area contributed by atoms with Crippen molar-refractivity contribution in [2.45, 2.75) is 31.9 Å². The van der Waals surface area contributed by atoms with Crippen LogP contribution in [-0.2, 0) is 22.4 Å². The predicted octanol–water partition coefficient (Wildman–Crippen LogP) is 1.97. The van der Waals surface area contributed by atoms with Gasteiger partial charge in [-0.1, -0.05) is 30.3 Å². The van der Waals surface area contributed by atoms with Gasteiger partial charge in [-0.15, -0.1) is 0 Å². The Morgan fingerprint density at radius 2 is 1.90 bits per heavy atom. The van der Waals surface area contributed by atoms with E-state index in [1.807, 2.05) is 6.07 Å². The van der Waals surface area contributed by atoms with Crippen molar-refractivity contribution in [2.75, 3.05) is 39.5 Å². The van der Waals surface area contributed by atoms with Crippen LogP contribution in [0.3, 0.4) is 0 Å². The van der Waals surface area contributed by atoms with Crippen molar-refractivity contribution in [1.29, 1.82) is 0 Å². The summed E-state index contributed by atoms with van der Waals surface area (Å²) in [5.74, 6) is 0.325. The minimum absolute atomic E-state index is 0.127. The molecule has 2 fully saturated rings. The maximum absolute atomic E-state index is 12.4. The number of rotatable bonds is 7. The first-order valence-corrected chi connectivity index (χ1v) is 11.1. The molecule has 2 aliphatic heterocycles. The van der Waals surface area contributed by atoms with Gasteiger partial charge >= 0.3 is 0 Å². The number of likely N-dealkylation sites (tertiary alicyclic amines) is 1. The Balaban J connectivity index is 1.24. The average Bonchev–Trinajstić information content (AvgIpc) is 2.80. The smallest absolute Gasteiger partial charge is 0.261 e. The summed E-state index contributed by atoms with van der Waals surface area (Å²) in [7, 11) is 0. The third-order valence-corrected chi connectivity index (χ3v) is 6.06. The summed E-state index contributed by atoms with van der Waals surface area (Å²) in [4.78, 5) is 30.0. The van der Waals surface area contributed by atoms with Gasteiger partial charge in [-0.05, 0) is 56.0 Å². The Hall–Kier alpha value is -2.48. The van der Waals surface area contributed by atoms with Gasteiger partial charge in [0.1, 0.15) is 5.56 Å². The molecule has 2 aromatic rings. The summed E-state index contributed by atoms with van der Waals surface area (Å²) in [6.45, 7) is 4.63. The molecule has 166 valence electrons. The highest BCUT2D eigenvalue weighted by Crippen LogP contribution is 2.22. The van der Waals surface area contributed by atoms with Crippen LogP contribution in [0.1, 0.15) is 34.5 Å². The molecule has 2 N–H and O–H groups in total. The number of nitrogens with zero attached hydrogens (tertiary/aromatic N) is 1. The largest absolute Gasteiger partial charge is 0.376 e. The van der Waals surface area contributed by atoms with Crippen molar-refractivity contribution in [3.05, 3.63) is 69.6 Å². The number of nitrogens with one attached hydrogen (secondary N) is 2. The second-order valence-corrected chi connectivity index (χ2v) is 8.41. The van der Waals surface area contributed by atoms with Gasteiger partial charge < -0.3 is 19.8 Å². The first kappa shape index (κ1) is 21.7. The van der Waals surface area contributed by atoms with Crippen LogP contribution in [0, 0.1) is 5.92 Å². The lowest BCUT2D eigenvalue weighted by Gasteiger charge is -2.32. The van der Waals surface area contributed by atoms with Crippen molar-refractivity contribution in [3.8, 4) is 0 Å². The van der Waals surface area contributed by atoms with Gasteiger partial charge in [0.25, 0.3) is 11.5 Å². The molecule has 0 spiro atoms. The highest BCUT2D eigenvalue weighted by molar-refractivity contribution is 5.93. The molecule has 1 amide bonds. The van der Waals surface area contributed by atoms with Crippen molar-refractivity contribution in [2.24, 2.45) is 5.92 Å². The summed E-state index contributed by atoms with van der Waals surface area (Å²) in [5, 5.41) is 2.76. The fourth-order valence-electron chi connectivity index (χ4n) is 4.28. The number of ether oxygens (including phenoxy) is 2. The minimum atomic E-state index is -0.385. The Bertz CT molecular complexity index is 901. The molecule has 1 aromatic heterocycles. The number of piperidine rings is 1. The highest BCUT2D eigenvalue weighted by Gasteiger charge is 2.21. The standard InChI is InChI=1S/C24H31N3O4/c28-23(25-15-21-17-30-12-13-31-21)22-7-6-20(26-24(22)29)16-27-10-8-19(9-11-27)14-18-4-2-1-3-5-18/h1-7,19,21H,8-17H2,(H,25,28)(H,26,29). The summed E-state index contributed by atoms with van der Waals surface area (Å²) in [5.41, 5.74) is 2.02. The van der Waals surface area contributed by atoms with E-state index in [-0.39, 0.29) is 23.1 Å². The van der Waals surface area contributed by atoms with Gasteiger partial charge in [0.05, 0.1) is 25.9 Å². The fourth-order valence-corrected chi connectivity index (χ4v) is 4.28. The molecule has 0 radical (unpaired) electrons. The van der Waals surface area contributed by atoms with E-state index in [0.29, 0.717) is 38.8 Å². The number of carbonyl (C=O) groups is 1. The summed E-state index contributed by atoms with van der Waals surface area (Å²) < 4.78 is 10.8. The first-order valence-electron chi connectivity index (χ1n) is 11.1. The highest BCUT2D eigenvalue weighted by atomic mass is 16.6. The van der Waals surface area contributed by atoms with Crippen LogP contribution in [0.4, 0.5) is 0 Å². The van der Waals surface area contributed by atoms with Crippen molar-refractivity contribution in [3.63, 3.8) is 0 Å². The van der Waals surface area contributed by atoms with Gasteiger partial charge in [-0.3, -0.25) is 14.5 Å². The maximum Gasteiger partial charge on any atom is 0.261 e. The normalized spacial score (nSPS) is 20.5. The number of hydrogen-bond donors (Lipinski definition) is 2. The molecule has 4 rings (SSSR count). The van der Waals surface area contributed by atoms with Gasteiger partial charge in [0.2, 0.25) is 0 Å². The summed E-state index contributed by atoms with van der Waals surface area (Å²) >= 11 is 0. The van der Waals surface area contributed by atoms with E-state index in [9.17, 15) is 9.59 Å². The zero-order valence-corrected chi connectivity index (χ0v) is 17.8. The van der Waals surface area contributed by atoms with E-state index in [2.05, 4.69) is 45.5 Å². The van der Waals surface area contributed by atoms with E-state index in [1.165, 1.54) is 5.56 Å². The number of amides is 1. The zero-order valence-electron chi connectivity index (χ0n) is 17.8. The second-order valence-electron chi connectivity index (χ2n) is 8.41. The molecule has 1 unspecified atom stereocenters. The van der Waals surface area contributed by atoms with Gasteiger partial charge in [0, 0.05) is 18.8 Å². The molecule has 0 bridgehead atoms. The maximum atomic E-state index is 12.4. The van der Waals surface area contributed by atoms with E-state index in [0.717, 1.165) is 38.0 Å². The zero-order chi connectivity index (χ0) is 21.5. The molecule has 0 saturated carbocycles. The number of benzene rings is 1. The third-order valence-electron chi connectivity index (χ3n) is 6.06. The number of pyridine rings is 1. The second kappa shape index (κ2) is 10.7. The number of aromatic amines is 1. The molecule has 7 nitrogen and oxygen atoms in total. The predicted molar refractivity (Wildman–Crippen MR) is 118 cm³/mol. The minimum Gasteiger partial charge on any atom is -0.376 e. The Kier molecular flexibility index (Phi) is 7.51. The molecule has 0 aliphatic carbocycles. The van der Waals surface area contributed by atoms with Crippen LogP contribution < -0.4 is 10.9 Å². The van der Waals surface area contributed by atoms with Gasteiger partial charge in [0.15, 0.2) is 0 Å². The number of aromatic nitrogens is 1. The van der Waals surface area contributed by atoms with E-state index in [4.69, 9.17) is 9.47 Å². The van der Waals surface area contributed by atoms with Crippen LogP contribution in [0.15, 0.2) is 47.3 Å². The van der Waals surface area contributed by atoms with Crippen LogP contribution in [-0.4, -0.2) is 61.3 Å². The van der Waals surface area contributed by atoms with Crippen LogP contribution >= 0.6 is 0 Å². The summed E-state index contributed by atoms with van der Waals surface area (Å²) in [6, 6.07) is 14.1. The third kappa shape index (κ3) is 6.26. The van der Waals surface area contributed by atoms with Crippen molar-refractivity contribution < 1.29 is 14.3 Å². The van der Waals surface area contributed by atoms with Gasteiger partial charge in [-0.2, -0.15) is 0 Å². The lowest BCUT2D eigenvalue weighted by molar-refractivity contribution is -0.0855. The Morgan fingerprint density at radius 3 is 2.61 bits per heavy atom. The fraction of sp³-hybridized carbons (Fsp3) is 0.500. The molecule has 1 atom stereocenters. The van der Waals surface area contributed by atoms with E-state index >= 15 is 0 Å². The number of carbonyl (C=O) groups excluding carboxylic acids is 1. The molecular weight excluding hydrogens is 394 g/mol. The molecule has 31 heavy (non-hydrogen) atoms. The van der Waals surface area contributed by atoms with E-state index < -0.39 is 0 Å². The molecule has 2 aliphatic rings. The van der Waals surface area contributed by atoms with Crippen LogP contribution in [0.2, 0.25) is 0 Å². The number of H-pyrrole nitrogens is 1.